The van der Waals surface area contributed by atoms with E-state index in [1.54, 1.807) is 0 Å². The van der Waals surface area contributed by atoms with Crippen molar-refractivity contribution in [1.82, 2.24) is 0 Å². The van der Waals surface area contributed by atoms with Crippen LogP contribution in [0.1, 0.15) is 17.2 Å². The van der Waals surface area contributed by atoms with Crippen molar-refractivity contribution in [2.45, 2.75) is 12.5 Å². The van der Waals surface area contributed by atoms with Crippen LogP contribution in [0.15, 0.2) is 35.0 Å². The normalized spacial score (nSPS) is 12.7. The first-order chi connectivity index (χ1) is 7.66. The summed E-state index contributed by atoms with van der Waals surface area (Å²) in [6.07, 6.45) is 0.306. The van der Waals surface area contributed by atoms with Crippen molar-refractivity contribution >= 4 is 11.3 Å². The highest BCUT2D eigenvalue weighted by atomic mass is 32.1. The summed E-state index contributed by atoms with van der Waals surface area (Å²) in [6.45, 7) is 0. The van der Waals surface area contributed by atoms with Crippen LogP contribution in [0, 0.1) is 11.6 Å². The number of thiophene rings is 1. The molecule has 84 valence electrons. The van der Waals surface area contributed by atoms with E-state index >= 15 is 0 Å². The average molecular weight is 239 g/mol. The first-order valence-corrected chi connectivity index (χ1v) is 5.82. The fraction of sp³-hybridized carbons (Fsp3) is 0.167. The van der Waals surface area contributed by atoms with E-state index in [1.165, 1.54) is 17.4 Å². The maximum Gasteiger partial charge on any atom is 0.126 e. The molecule has 2 aromatic rings. The molecule has 1 unspecified atom stereocenters. The molecule has 0 aliphatic carbocycles. The molecule has 0 saturated heterocycles. The molecule has 0 saturated carbocycles. The Balaban J connectivity index is 2.17. The number of nitrogens with two attached hydrogens (primary N) is 1. The van der Waals surface area contributed by atoms with Gasteiger partial charge in [-0.2, -0.15) is 11.3 Å². The van der Waals surface area contributed by atoms with Crippen molar-refractivity contribution in [1.29, 1.82) is 0 Å². The molecule has 0 bridgehead atoms. The predicted octanol–water partition coefficient (Wildman–Crippen LogP) is 3.27. The summed E-state index contributed by atoms with van der Waals surface area (Å²) in [5, 5.41) is 3.83. The summed E-state index contributed by atoms with van der Waals surface area (Å²) in [5.41, 5.74) is 7.18. The minimum absolute atomic E-state index is 0.289. The van der Waals surface area contributed by atoms with E-state index < -0.39 is 11.6 Å². The third-order valence-corrected chi connectivity index (χ3v) is 3.12. The van der Waals surface area contributed by atoms with Gasteiger partial charge in [-0.3, -0.25) is 0 Å². The van der Waals surface area contributed by atoms with Gasteiger partial charge in [0.05, 0.1) is 0 Å². The molecule has 0 amide bonds. The third kappa shape index (κ3) is 2.46. The summed E-state index contributed by atoms with van der Waals surface area (Å²) >= 11 is 1.54. The van der Waals surface area contributed by atoms with E-state index in [0.717, 1.165) is 17.7 Å². The van der Waals surface area contributed by atoms with E-state index in [1.807, 2.05) is 16.8 Å². The number of hydrogen-bond acceptors (Lipinski definition) is 2. The van der Waals surface area contributed by atoms with Crippen LogP contribution < -0.4 is 5.73 Å². The first kappa shape index (κ1) is 11.2. The molecule has 4 heteroatoms. The van der Waals surface area contributed by atoms with E-state index in [2.05, 4.69) is 0 Å². The number of benzene rings is 1. The smallest absolute Gasteiger partial charge is 0.126 e. The summed E-state index contributed by atoms with van der Waals surface area (Å²) in [5.74, 6) is -0.846. The van der Waals surface area contributed by atoms with Crippen molar-refractivity contribution in [3.05, 3.63) is 57.8 Å². The largest absolute Gasteiger partial charge is 0.324 e. The van der Waals surface area contributed by atoms with Crippen molar-refractivity contribution in [2.75, 3.05) is 0 Å². The van der Waals surface area contributed by atoms with Crippen molar-refractivity contribution in [3.8, 4) is 0 Å². The van der Waals surface area contributed by atoms with Gasteiger partial charge >= 0.3 is 0 Å². The van der Waals surface area contributed by atoms with E-state index in [9.17, 15) is 8.78 Å². The maximum absolute atomic E-state index is 13.4. The zero-order chi connectivity index (χ0) is 11.5. The van der Waals surface area contributed by atoms with Gasteiger partial charge in [0, 0.05) is 6.04 Å². The number of halogens is 2. The fourth-order valence-electron chi connectivity index (χ4n) is 1.54. The van der Waals surface area contributed by atoms with Gasteiger partial charge in [-0.25, -0.2) is 8.78 Å². The lowest BCUT2D eigenvalue weighted by molar-refractivity contribution is 0.573. The SMILES string of the molecule is NC(Cc1cc(F)ccc1F)c1ccsc1. The molecule has 1 aromatic carbocycles. The van der Waals surface area contributed by atoms with E-state index in [0.29, 0.717) is 12.0 Å². The van der Waals surface area contributed by atoms with Gasteiger partial charge < -0.3 is 5.73 Å². The van der Waals surface area contributed by atoms with Crippen LogP contribution >= 0.6 is 11.3 Å². The zero-order valence-electron chi connectivity index (χ0n) is 8.49. The van der Waals surface area contributed by atoms with E-state index in [-0.39, 0.29) is 6.04 Å². The molecule has 0 aliphatic rings. The molecular weight excluding hydrogens is 228 g/mol. The molecule has 0 spiro atoms. The Morgan fingerprint density at radius 2 is 2.06 bits per heavy atom. The van der Waals surface area contributed by atoms with E-state index in [4.69, 9.17) is 5.73 Å². The molecule has 0 radical (unpaired) electrons. The topological polar surface area (TPSA) is 26.0 Å². The highest BCUT2D eigenvalue weighted by molar-refractivity contribution is 7.07. The van der Waals surface area contributed by atoms with Crippen LogP contribution in [0.4, 0.5) is 8.78 Å². The van der Waals surface area contributed by atoms with Crippen LogP contribution in [0.25, 0.3) is 0 Å². The standard InChI is InChI=1S/C12H11F2NS/c13-10-1-2-11(14)9(5-10)6-12(15)8-3-4-16-7-8/h1-5,7,12H,6,15H2. The van der Waals surface area contributed by atoms with Gasteiger partial charge in [-0.05, 0) is 52.6 Å². The second-order valence-electron chi connectivity index (χ2n) is 3.60. The van der Waals surface area contributed by atoms with Gasteiger partial charge in [0.25, 0.3) is 0 Å². The molecule has 1 atom stereocenters. The Labute approximate surface area is 96.5 Å². The lowest BCUT2D eigenvalue weighted by atomic mass is 10.0. The molecular formula is C12H11F2NS. The molecule has 1 heterocycles. The molecule has 16 heavy (non-hydrogen) atoms. The number of rotatable bonds is 3. The Bertz CT molecular complexity index is 468. The molecule has 1 aromatic heterocycles. The van der Waals surface area contributed by atoms with Crippen molar-refractivity contribution in [3.63, 3.8) is 0 Å². The Morgan fingerprint density at radius 1 is 1.25 bits per heavy atom. The molecule has 0 aliphatic heterocycles. The first-order valence-electron chi connectivity index (χ1n) is 4.88. The summed E-state index contributed by atoms with van der Waals surface area (Å²) in [4.78, 5) is 0. The van der Waals surface area contributed by atoms with Crippen LogP contribution in [-0.2, 0) is 6.42 Å². The molecule has 0 fully saturated rings. The van der Waals surface area contributed by atoms with Crippen molar-refractivity contribution < 1.29 is 8.78 Å². The maximum atomic E-state index is 13.4. The lowest BCUT2D eigenvalue weighted by Crippen LogP contribution is -2.13. The third-order valence-electron chi connectivity index (χ3n) is 2.42. The highest BCUT2D eigenvalue weighted by Gasteiger charge is 2.11. The minimum Gasteiger partial charge on any atom is -0.324 e. The summed E-state index contributed by atoms with van der Waals surface area (Å²) in [7, 11) is 0. The monoisotopic (exact) mass is 239 g/mol. The zero-order valence-corrected chi connectivity index (χ0v) is 9.31. The van der Waals surface area contributed by atoms with Gasteiger partial charge in [-0.1, -0.05) is 0 Å². The minimum atomic E-state index is -0.436. The lowest BCUT2D eigenvalue weighted by Gasteiger charge is -2.10. The van der Waals surface area contributed by atoms with Crippen LogP contribution in [0.2, 0.25) is 0 Å². The Morgan fingerprint density at radius 3 is 2.75 bits per heavy atom. The second kappa shape index (κ2) is 4.72. The Kier molecular flexibility index (Phi) is 3.31. The fourth-order valence-corrected chi connectivity index (χ4v) is 2.27. The number of hydrogen-bond donors (Lipinski definition) is 1. The van der Waals surface area contributed by atoms with Gasteiger partial charge in [0.1, 0.15) is 11.6 Å². The van der Waals surface area contributed by atoms with Crippen LogP contribution in [0.5, 0.6) is 0 Å². The molecule has 2 rings (SSSR count). The quantitative estimate of drug-likeness (QED) is 0.874. The summed E-state index contributed by atoms with van der Waals surface area (Å²) < 4.78 is 26.3. The predicted molar refractivity (Wildman–Crippen MR) is 61.3 cm³/mol. The van der Waals surface area contributed by atoms with Crippen molar-refractivity contribution in [2.24, 2.45) is 5.73 Å². The van der Waals surface area contributed by atoms with Gasteiger partial charge in [0.15, 0.2) is 0 Å². The van der Waals surface area contributed by atoms with Gasteiger partial charge in [0.2, 0.25) is 0 Å². The van der Waals surface area contributed by atoms with Gasteiger partial charge in [-0.15, -0.1) is 0 Å². The Hall–Kier alpha value is -1.26. The average Bonchev–Trinajstić information content (AvgIpc) is 2.76. The highest BCUT2D eigenvalue weighted by Crippen LogP contribution is 2.20. The van der Waals surface area contributed by atoms with Crippen LogP contribution in [0.3, 0.4) is 0 Å². The summed E-state index contributed by atoms with van der Waals surface area (Å²) in [6, 6.07) is 5.04. The van der Waals surface area contributed by atoms with Crippen LogP contribution in [-0.4, -0.2) is 0 Å². The molecule has 1 nitrogen and oxygen atoms in total. The molecule has 2 N–H and O–H groups in total. The second-order valence-corrected chi connectivity index (χ2v) is 4.38.